The predicted molar refractivity (Wildman–Crippen MR) is 201 cm³/mol. The fourth-order valence-electron chi connectivity index (χ4n) is 6.97. The van der Waals surface area contributed by atoms with Gasteiger partial charge in [0.2, 0.25) is 11.7 Å². The number of benzene rings is 3. The largest absolute Gasteiger partial charge is 0.493 e. The highest BCUT2D eigenvalue weighted by Crippen LogP contribution is 2.43. The summed E-state index contributed by atoms with van der Waals surface area (Å²) < 4.78 is 44.5. The maximum Gasteiger partial charge on any atom is 0.261 e. The first-order valence-corrected chi connectivity index (χ1v) is 19.2. The van der Waals surface area contributed by atoms with Crippen molar-refractivity contribution >= 4 is 56.2 Å². The van der Waals surface area contributed by atoms with E-state index in [-0.39, 0.29) is 11.3 Å². The molecular formula is C36H45Cl2N5O7S. The van der Waals surface area contributed by atoms with Gasteiger partial charge in [-0.05, 0) is 74.2 Å². The Kier molecular flexibility index (Phi) is 12.3. The summed E-state index contributed by atoms with van der Waals surface area (Å²) in [5.41, 5.74) is 3.48. The lowest BCUT2D eigenvalue weighted by Crippen LogP contribution is -2.42. The molecule has 12 nitrogen and oxygen atoms in total. The second-order valence-electron chi connectivity index (χ2n) is 13.0. The molecule has 51 heavy (non-hydrogen) atoms. The van der Waals surface area contributed by atoms with Gasteiger partial charge in [0.25, 0.3) is 16.0 Å². The summed E-state index contributed by atoms with van der Waals surface area (Å²) in [6.07, 6.45) is 4.51. The Morgan fingerprint density at radius 3 is 2.22 bits per heavy atom. The van der Waals surface area contributed by atoms with E-state index in [0.29, 0.717) is 58.2 Å². The van der Waals surface area contributed by atoms with Crippen LogP contribution in [0.25, 0.3) is 11.0 Å². The number of hydrogen-bond acceptors (Lipinski definition) is 9. The molecule has 0 spiro atoms. The van der Waals surface area contributed by atoms with Gasteiger partial charge in [0.15, 0.2) is 11.5 Å². The first-order valence-electron chi connectivity index (χ1n) is 16.6. The smallest absolute Gasteiger partial charge is 0.261 e. The Bertz CT molecular complexity index is 1930. The lowest BCUT2D eigenvalue weighted by atomic mass is 9.76. The van der Waals surface area contributed by atoms with Crippen molar-refractivity contribution in [3.05, 3.63) is 75.8 Å². The predicted octanol–water partition coefficient (Wildman–Crippen LogP) is 6.16. The van der Waals surface area contributed by atoms with E-state index in [1.807, 2.05) is 29.2 Å². The van der Waals surface area contributed by atoms with Crippen molar-refractivity contribution in [3.8, 4) is 17.2 Å². The van der Waals surface area contributed by atoms with Crippen LogP contribution < -0.4 is 19.5 Å². The van der Waals surface area contributed by atoms with Crippen LogP contribution in [-0.4, -0.2) is 105 Å². The highest BCUT2D eigenvalue weighted by atomic mass is 35.5. The molecule has 2 saturated heterocycles. The van der Waals surface area contributed by atoms with E-state index in [9.17, 15) is 13.2 Å². The summed E-state index contributed by atoms with van der Waals surface area (Å²) in [5, 5.41) is 4.74. The van der Waals surface area contributed by atoms with Crippen LogP contribution in [0.15, 0.2) is 54.6 Å². The number of carbonyl (C=O) groups excluding carboxylic acids is 1. The van der Waals surface area contributed by atoms with Crippen LogP contribution in [-0.2, 0) is 22.6 Å². The third-order valence-electron chi connectivity index (χ3n) is 9.70. The minimum atomic E-state index is -3.67. The average molecular weight is 763 g/mol. The number of aryl methyl sites for hydroxylation is 1. The van der Waals surface area contributed by atoms with E-state index in [1.54, 1.807) is 33.5 Å². The molecule has 15 heteroatoms. The molecule has 2 aliphatic rings. The molecule has 3 heterocycles. The number of rotatable bonds is 10. The van der Waals surface area contributed by atoms with Crippen molar-refractivity contribution in [1.29, 1.82) is 0 Å². The quantitative estimate of drug-likeness (QED) is 0.181. The summed E-state index contributed by atoms with van der Waals surface area (Å²) in [7, 11) is 3.05. The van der Waals surface area contributed by atoms with E-state index < -0.39 is 10.1 Å². The van der Waals surface area contributed by atoms with Gasteiger partial charge >= 0.3 is 0 Å². The Morgan fingerprint density at radius 1 is 0.980 bits per heavy atom. The Labute approximate surface area is 309 Å². The van der Waals surface area contributed by atoms with Crippen molar-refractivity contribution in [2.24, 2.45) is 7.05 Å². The number of ether oxygens (including phenoxy) is 3. The number of hydrogen-bond donors (Lipinski definition) is 2. The number of carbonyl (C=O) groups is 1. The van der Waals surface area contributed by atoms with E-state index in [2.05, 4.69) is 40.0 Å². The van der Waals surface area contributed by atoms with Crippen LogP contribution in [0.4, 0.5) is 5.95 Å². The number of fused-ring (bicyclic) bond motifs is 1. The second-order valence-corrected chi connectivity index (χ2v) is 15.3. The zero-order valence-corrected chi connectivity index (χ0v) is 31.8. The van der Waals surface area contributed by atoms with Gasteiger partial charge in [-0.2, -0.15) is 8.42 Å². The summed E-state index contributed by atoms with van der Waals surface area (Å²) in [4.78, 5) is 23.2. The number of halogens is 2. The van der Waals surface area contributed by atoms with Gasteiger partial charge in [0.1, 0.15) is 0 Å². The zero-order chi connectivity index (χ0) is 36.9. The van der Waals surface area contributed by atoms with Crippen LogP contribution in [0.5, 0.6) is 17.2 Å². The molecule has 1 amide bonds. The molecule has 6 rings (SSSR count). The number of nitrogens with zero attached hydrogens (tertiary/aromatic N) is 4. The van der Waals surface area contributed by atoms with Crippen LogP contribution in [0.1, 0.15) is 41.6 Å². The lowest BCUT2D eigenvalue weighted by molar-refractivity contribution is 0.0779. The Morgan fingerprint density at radius 2 is 1.63 bits per heavy atom. The number of amides is 1. The number of nitrogens with one attached hydrogen (secondary N) is 1. The summed E-state index contributed by atoms with van der Waals surface area (Å²) >= 11 is 12.9. The molecule has 1 atom stereocenters. The third kappa shape index (κ3) is 9.19. The molecule has 3 aromatic carbocycles. The van der Waals surface area contributed by atoms with Gasteiger partial charge in [0.05, 0.1) is 48.7 Å². The zero-order valence-electron chi connectivity index (χ0n) is 29.5. The molecule has 1 unspecified atom stereocenters. The number of anilines is 1. The number of likely N-dealkylation sites (tertiary alicyclic amines) is 2. The number of methoxy groups -OCH3 is 3. The van der Waals surface area contributed by atoms with Crippen molar-refractivity contribution < 1.29 is 32.0 Å². The molecule has 276 valence electrons. The fourth-order valence-corrected chi connectivity index (χ4v) is 7.27. The van der Waals surface area contributed by atoms with Gasteiger partial charge in [0, 0.05) is 50.2 Å². The molecule has 2 fully saturated rings. The topological polar surface area (TPSA) is 135 Å². The molecular weight excluding hydrogens is 717 g/mol. The first kappa shape index (κ1) is 38.5. The van der Waals surface area contributed by atoms with Crippen LogP contribution in [0.3, 0.4) is 0 Å². The van der Waals surface area contributed by atoms with Gasteiger partial charge in [-0.3, -0.25) is 9.35 Å². The van der Waals surface area contributed by atoms with Crippen LogP contribution in [0, 0.1) is 0 Å². The molecule has 2 N–H and O–H groups in total. The normalized spacial score (nSPS) is 18.3. The maximum absolute atomic E-state index is 13.9. The highest BCUT2D eigenvalue weighted by Gasteiger charge is 2.42. The van der Waals surface area contributed by atoms with E-state index in [4.69, 9.17) is 46.9 Å². The minimum absolute atomic E-state index is 0.0741. The number of imidazole rings is 1. The molecule has 4 aromatic rings. The van der Waals surface area contributed by atoms with Gasteiger partial charge in [-0.1, -0.05) is 41.4 Å². The standard InChI is InChI=1S/C35H41Cl2N5O4.CH4O3S/c1-40-29-8-6-5-7-28(29)39-34(40)38-25-11-15-41(16-12-25)17-13-35(24-9-10-26(36)27(37)21-24)14-18-42(22-35)33(43)23-19-30(44-2)32(46-4)31(20-23)45-3;1-5(2,3)4/h5-10,19-21,25H,11-18,22H2,1-4H3,(H,38,39);1H3,(H,2,3,4). The second kappa shape index (κ2) is 16.3. The van der Waals surface area contributed by atoms with Gasteiger partial charge in [-0.15, -0.1) is 0 Å². The summed E-state index contributed by atoms with van der Waals surface area (Å²) in [6, 6.07) is 17.9. The number of piperidine rings is 1. The van der Waals surface area contributed by atoms with Crippen molar-refractivity contribution in [2.75, 3.05) is 65.6 Å². The maximum atomic E-state index is 13.9. The van der Waals surface area contributed by atoms with E-state index >= 15 is 0 Å². The average Bonchev–Trinajstić information content (AvgIpc) is 3.69. The Hall–Kier alpha value is -3.75. The molecule has 1 aromatic heterocycles. The Balaban J connectivity index is 0.000000943. The summed E-state index contributed by atoms with van der Waals surface area (Å²) in [6.45, 7) is 4.11. The van der Waals surface area contributed by atoms with Crippen molar-refractivity contribution in [2.45, 2.75) is 37.1 Å². The number of aromatic nitrogens is 2. The molecule has 2 aliphatic heterocycles. The molecule has 0 radical (unpaired) electrons. The minimum Gasteiger partial charge on any atom is -0.493 e. The lowest BCUT2D eigenvalue weighted by Gasteiger charge is -2.36. The van der Waals surface area contributed by atoms with Crippen molar-refractivity contribution in [1.82, 2.24) is 19.4 Å². The van der Waals surface area contributed by atoms with Crippen LogP contribution in [0.2, 0.25) is 10.0 Å². The third-order valence-corrected chi connectivity index (χ3v) is 10.4. The van der Waals surface area contributed by atoms with Gasteiger partial charge < -0.3 is 33.9 Å². The fraction of sp³-hybridized carbons (Fsp3) is 0.444. The molecule has 0 saturated carbocycles. The monoisotopic (exact) mass is 761 g/mol. The first-order chi connectivity index (χ1) is 24.2. The molecule has 0 bridgehead atoms. The SMILES string of the molecule is COc1cc(C(=O)N2CCC(CCN3CCC(Nc4nc5ccccc5n4C)CC3)(c3ccc(Cl)c(Cl)c3)C2)cc(OC)c1OC.CS(=O)(=O)O. The number of para-hydroxylation sites is 2. The molecule has 0 aliphatic carbocycles. The summed E-state index contributed by atoms with van der Waals surface area (Å²) in [5.74, 6) is 2.21. The van der Waals surface area contributed by atoms with Gasteiger partial charge in [-0.25, -0.2) is 4.98 Å². The van der Waals surface area contributed by atoms with Crippen LogP contribution >= 0.6 is 23.2 Å². The van der Waals surface area contributed by atoms with E-state index in [1.165, 1.54) is 0 Å². The van der Waals surface area contributed by atoms with E-state index in [0.717, 1.165) is 67.9 Å². The highest BCUT2D eigenvalue weighted by molar-refractivity contribution is 7.85. The van der Waals surface area contributed by atoms with Crippen molar-refractivity contribution in [3.63, 3.8) is 0 Å².